The molecule has 0 aromatic heterocycles. The lowest BCUT2D eigenvalue weighted by Crippen LogP contribution is -2.38. The highest BCUT2D eigenvalue weighted by molar-refractivity contribution is 14.1. The van der Waals surface area contributed by atoms with Crippen molar-refractivity contribution in [1.82, 2.24) is 0 Å². The lowest BCUT2D eigenvalue weighted by Gasteiger charge is -2.25. The molecular formula is C22H21IN2O3S. The van der Waals surface area contributed by atoms with Gasteiger partial charge in [-0.15, -0.1) is 0 Å². The van der Waals surface area contributed by atoms with Gasteiger partial charge < -0.3 is 5.32 Å². The van der Waals surface area contributed by atoms with E-state index >= 15 is 0 Å². The van der Waals surface area contributed by atoms with Crippen LogP contribution in [0.2, 0.25) is 0 Å². The number of aryl methyl sites for hydroxylation is 2. The molecule has 3 aromatic rings. The molecule has 0 aliphatic heterocycles. The standard InChI is InChI=1S/C22H21IN2O3S/c1-16-12-17(2)14-20(13-16)25(29(27,28)21-6-4-3-5-7-21)15-22(26)24-19-10-8-18(23)9-11-19/h3-14H,15H2,1-2H3,(H,24,26). The Morgan fingerprint density at radius 3 is 2.10 bits per heavy atom. The molecule has 3 aromatic carbocycles. The van der Waals surface area contributed by atoms with Crippen molar-refractivity contribution in [2.45, 2.75) is 18.7 Å². The first-order chi connectivity index (χ1) is 13.8. The summed E-state index contributed by atoms with van der Waals surface area (Å²) in [7, 11) is -3.91. The van der Waals surface area contributed by atoms with Crippen molar-refractivity contribution >= 4 is 49.9 Å². The van der Waals surface area contributed by atoms with Crippen LogP contribution in [-0.4, -0.2) is 20.9 Å². The second-order valence-corrected chi connectivity index (χ2v) is 9.83. The highest BCUT2D eigenvalue weighted by atomic mass is 127. The molecule has 150 valence electrons. The topological polar surface area (TPSA) is 66.5 Å². The number of nitrogens with zero attached hydrogens (tertiary/aromatic N) is 1. The summed E-state index contributed by atoms with van der Waals surface area (Å²) < 4.78 is 28.9. The Kier molecular flexibility index (Phi) is 6.59. The molecule has 3 rings (SSSR count). The number of rotatable bonds is 6. The average Bonchev–Trinajstić information content (AvgIpc) is 2.68. The van der Waals surface area contributed by atoms with Crippen molar-refractivity contribution in [3.63, 3.8) is 0 Å². The normalized spacial score (nSPS) is 11.1. The number of benzene rings is 3. The molecule has 0 aliphatic carbocycles. The summed E-state index contributed by atoms with van der Waals surface area (Å²) in [4.78, 5) is 12.8. The highest BCUT2D eigenvalue weighted by Crippen LogP contribution is 2.26. The Hall–Kier alpha value is -2.39. The minimum atomic E-state index is -3.91. The van der Waals surface area contributed by atoms with E-state index in [1.54, 1.807) is 42.5 Å². The Bertz CT molecular complexity index is 1090. The summed E-state index contributed by atoms with van der Waals surface area (Å²) in [6.07, 6.45) is 0. The minimum absolute atomic E-state index is 0.140. The SMILES string of the molecule is Cc1cc(C)cc(N(CC(=O)Nc2ccc(I)cc2)S(=O)(=O)c2ccccc2)c1. The van der Waals surface area contributed by atoms with Crippen LogP contribution in [-0.2, 0) is 14.8 Å². The van der Waals surface area contributed by atoms with Gasteiger partial charge in [0.2, 0.25) is 5.91 Å². The zero-order valence-corrected chi connectivity index (χ0v) is 19.1. The third-order valence-electron chi connectivity index (χ3n) is 4.24. The second-order valence-electron chi connectivity index (χ2n) is 6.73. The average molecular weight is 520 g/mol. The Balaban J connectivity index is 1.96. The van der Waals surface area contributed by atoms with Gasteiger partial charge in [-0.3, -0.25) is 9.10 Å². The largest absolute Gasteiger partial charge is 0.325 e. The van der Waals surface area contributed by atoms with Crippen molar-refractivity contribution in [2.24, 2.45) is 0 Å². The van der Waals surface area contributed by atoms with Crippen LogP contribution in [0.5, 0.6) is 0 Å². The van der Waals surface area contributed by atoms with Crippen LogP contribution in [0.25, 0.3) is 0 Å². The molecule has 0 saturated heterocycles. The molecule has 5 nitrogen and oxygen atoms in total. The number of hydrogen-bond donors (Lipinski definition) is 1. The molecule has 29 heavy (non-hydrogen) atoms. The van der Waals surface area contributed by atoms with Gasteiger partial charge in [0.05, 0.1) is 10.6 Å². The predicted molar refractivity (Wildman–Crippen MR) is 125 cm³/mol. The highest BCUT2D eigenvalue weighted by Gasteiger charge is 2.27. The molecule has 1 amide bonds. The summed E-state index contributed by atoms with van der Waals surface area (Å²) in [5.74, 6) is -0.412. The second kappa shape index (κ2) is 8.96. The van der Waals surface area contributed by atoms with Gasteiger partial charge in [-0.25, -0.2) is 8.42 Å². The third-order valence-corrected chi connectivity index (χ3v) is 6.75. The summed E-state index contributed by atoms with van der Waals surface area (Å²) in [6.45, 7) is 3.47. The van der Waals surface area contributed by atoms with Crippen molar-refractivity contribution < 1.29 is 13.2 Å². The number of anilines is 2. The monoisotopic (exact) mass is 520 g/mol. The van der Waals surface area contributed by atoms with E-state index in [9.17, 15) is 13.2 Å². The van der Waals surface area contributed by atoms with Gasteiger partial charge in [-0.1, -0.05) is 24.3 Å². The van der Waals surface area contributed by atoms with Gasteiger partial charge in [0.15, 0.2) is 0 Å². The maximum Gasteiger partial charge on any atom is 0.264 e. The maximum atomic E-state index is 13.3. The molecule has 0 fully saturated rings. The fourth-order valence-electron chi connectivity index (χ4n) is 2.99. The van der Waals surface area contributed by atoms with Crippen molar-refractivity contribution in [2.75, 3.05) is 16.2 Å². The molecule has 0 saturated carbocycles. The van der Waals surface area contributed by atoms with Gasteiger partial charge in [-0.2, -0.15) is 0 Å². The van der Waals surface area contributed by atoms with Crippen LogP contribution >= 0.6 is 22.6 Å². The first kappa shape index (κ1) is 21.3. The Labute approximate surface area is 184 Å². The van der Waals surface area contributed by atoms with E-state index in [4.69, 9.17) is 0 Å². The zero-order chi connectivity index (χ0) is 21.0. The molecule has 0 aliphatic rings. The third kappa shape index (κ3) is 5.36. The Morgan fingerprint density at radius 1 is 0.931 bits per heavy atom. The molecule has 7 heteroatoms. The smallest absolute Gasteiger partial charge is 0.264 e. The van der Waals surface area contributed by atoms with E-state index in [-0.39, 0.29) is 11.4 Å². The first-order valence-electron chi connectivity index (χ1n) is 8.97. The van der Waals surface area contributed by atoms with Crippen LogP contribution in [0, 0.1) is 17.4 Å². The minimum Gasteiger partial charge on any atom is -0.325 e. The van der Waals surface area contributed by atoms with Crippen LogP contribution in [0.1, 0.15) is 11.1 Å². The van der Waals surface area contributed by atoms with Gasteiger partial charge >= 0.3 is 0 Å². The molecule has 0 atom stereocenters. The molecule has 0 heterocycles. The van der Waals surface area contributed by atoms with Crippen LogP contribution in [0.15, 0.2) is 77.7 Å². The van der Waals surface area contributed by atoms with E-state index < -0.39 is 15.9 Å². The van der Waals surface area contributed by atoms with E-state index in [2.05, 4.69) is 27.9 Å². The van der Waals surface area contributed by atoms with E-state index in [1.807, 2.05) is 32.0 Å². The number of carbonyl (C=O) groups excluding carboxylic acids is 1. The summed E-state index contributed by atoms with van der Waals surface area (Å²) in [6, 6.07) is 21.0. The van der Waals surface area contributed by atoms with Gasteiger partial charge in [0.25, 0.3) is 10.0 Å². The molecule has 1 N–H and O–H groups in total. The van der Waals surface area contributed by atoms with Gasteiger partial charge in [0.1, 0.15) is 6.54 Å². The van der Waals surface area contributed by atoms with Crippen LogP contribution in [0.4, 0.5) is 11.4 Å². The van der Waals surface area contributed by atoms with E-state index in [0.717, 1.165) is 19.0 Å². The van der Waals surface area contributed by atoms with E-state index in [1.165, 1.54) is 12.1 Å². The quantitative estimate of drug-likeness (QED) is 0.478. The predicted octanol–water partition coefficient (Wildman–Crippen LogP) is 4.74. The number of nitrogens with one attached hydrogen (secondary N) is 1. The lowest BCUT2D eigenvalue weighted by molar-refractivity contribution is -0.114. The Morgan fingerprint density at radius 2 is 1.52 bits per heavy atom. The first-order valence-corrected chi connectivity index (χ1v) is 11.5. The number of sulfonamides is 1. The summed E-state index contributed by atoms with van der Waals surface area (Å²) in [5.41, 5.74) is 2.93. The zero-order valence-electron chi connectivity index (χ0n) is 16.1. The molecule has 0 bridgehead atoms. The van der Waals surface area contributed by atoms with Crippen LogP contribution in [0.3, 0.4) is 0 Å². The van der Waals surface area contributed by atoms with E-state index in [0.29, 0.717) is 11.4 Å². The lowest BCUT2D eigenvalue weighted by atomic mass is 10.1. The molecule has 0 unspecified atom stereocenters. The number of hydrogen-bond acceptors (Lipinski definition) is 3. The van der Waals surface area contributed by atoms with Crippen molar-refractivity contribution in [3.05, 3.63) is 87.5 Å². The van der Waals surface area contributed by atoms with Crippen LogP contribution < -0.4 is 9.62 Å². The fraction of sp³-hybridized carbons (Fsp3) is 0.136. The van der Waals surface area contributed by atoms with Crippen molar-refractivity contribution in [3.8, 4) is 0 Å². The maximum absolute atomic E-state index is 13.3. The molecular weight excluding hydrogens is 499 g/mol. The number of halogens is 1. The molecule has 0 radical (unpaired) electrons. The van der Waals surface area contributed by atoms with Crippen molar-refractivity contribution in [1.29, 1.82) is 0 Å². The molecule has 0 spiro atoms. The summed E-state index contributed by atoms with van der Waals surface area (Å²) in [5, 5.41) is 2.77. The fourth-order valence-corrected chi connectivity index (χ4v) is 4.78. The number of carbonyl (C=O) groups is 1. The summed E-state index contributed by atoms with van der Waals surface area (Å²) >= 11 is 2.18. The van der Waals surface area contributed by atoms with Gasteiger partial charge in [-0.05, 0) is 96.1 Å². The van der Waals surface area contributed by atoms with Gasteiger partial charge in [0, 0.05) is 9.26 Å². The number of amides is 1.